The number of benzene rings is 2. The summed E-state index contributed by atoms with van der Waals surface area (Å²) in [6, 6.07) is 19.2. The van der Waals surface area contributed by atoms with E-state index in [-0.39, 0.29) is 30.0 Å². The van der Waals surface area contributed by atoms with Gasteiger partial charge < -0.3 is 9.47 Å². The maximum atomic E-state index is 12.4. The molecule has 1 aliphatic carbocycles. The highest BCUT2D eigenvalue weighted by molar-refractivity contribution is 5.89. The zero-order chi connectivity index (χ0) is 17.6. The number of esters is 1. The van der Waals surface area contributed by atoms with E-state index < -0.39 is 0 Å². The zero-order valence-corrected chi connectivity index (χ0v) is 14.7. The number of hydrogen-bond donors (Lipinski definition) is 0. The summed E-state index contributed by atoms with van der Waals surface area (Å²) in [5.41, 5.74) is 1.72. The van der Waals surface area contributed by atoms with Crippen molar-refractivity contribution in [3.05, 3.63) is 83.9 Å². The van der Waals surface area contributed by atoms with Crippen LogP contribution in [-0.4, -0.2) is 18.2 Å². The van der Waals surface area contributed by atoms with E-state index in [2.05, 4.69) is 26.0 Å². The molecule has 3 nitrogen and oxygen atoms in total. The van der Waals surface area contributed by atoms with E-state index in [4.69, 9.17) is 9.47 Å². The van der Waals surface area contributed by atoms with Crippen molar-refractivity contribution >= 4 is 5.97 Å². The van der Waals surface area contributed by atoms with Gasteiger partial charge in [-0.2, -0.15) is 0 Å². The third kappa shape index (κ3) is 4.37. The van der Waals surface area contributed by atoms with Crippen LogP contribution in [0.1, 0.15) is 29.8 Å². The molecule has 1 aliphatic rings. The maximum absolute atomic E-state index is 12.4. The van der Waals surface area contributed by atoms with Gasteiger partial charge in [-0.25, -0.2) is 4.79 Å². The SMILES string of the molecule is C[C@H]1[C@H](OC(=O)c2ccccc2)[C@@H](C)C=C[C@H]1OCc1ccccc1. The summed E-state index contributed by atoms with van der Waals surface area (Å²) in [5.74, 6) is -0.0166. The van der Waals surface area contributed by atoms with E-state index >= 15 is 0 Å². The molecule has 0 aromatic heterocycles. The van der Waals surface area contributed by atoms with E-state index in [0.29, 0.717) is 12.2 Å². The average molecular weight is 336 g/mol. The topological polar surface area (TPSA) is 35.5 Å². The lowest BCUT2D eigenvalue weighted by Crippen LogP contribution is -2.40. The molecule has 3 heteroatoms. The van der Waals surface area contributed by atoms with Crippen molar-refractivity contribution in [2.45, 2.75) is 32.7 Å². The fourth-order valence-electron chi connectivity index (χ4n) is 3.19. The van der Waals surface area contributed by atoms with Gasteiger partial charge in [0.1, 0.15) is 6.10 Å². The minimum Gasteiger partial charge on any atom is -0.458 e. The summed E-state index contributed by atoms with van der Waals surface area (Å²) in [6.07, 6.45) is 3.91. The number of carbonyl (C=O) groups is 1. The Labute approximate surface area is 149 Å². The molecule has 0 unspecified atom stereocenters. The fourth-order valence-corrected chi connectivity index (χ4v) is 3.19. The highest BCUT2D eigenvalue weighted by Crippen LogP contribution is 2.30. The van der Waals surface area contributed by atoms with Crippen LogP contribution in [0.2, 0.25) is 0 Å². The van der Waals surface area contributed by atoms with Crippen molar-refractivity contribution < 1.29 is 14.3 Å². The second-order valence-electron chi connectivity index (χ2n) is 6.60. The van der Waals surface area contributed by atoms with Crippen LogP contribution in [0.5, 0.6) is 0 Å². The van der Waals surface area contributed by atoms with E-state index in [0.717, 1.165) is 5.56 Å². The van der Waals surface area contributed by atoms with Gasteiger partial charge in [-0.05, 0) is 17.7 Å². The highest BCUT2D eigenvalue weighted by atomic mass is 16.5. The predicted molar refractivity (Wildman–Crippen MR) is 98.1 cm³/mol. The fraction of sp³-hybridized carbons (Fsp3) is 0.318. The molecule has 0 amide bonds. The third-order valence-corrected chi connectivity index (χ3v) is 4.70. The van der Waals surface area contributed by atoms with Gasteiger partial charge in [0.05, 0.1) is 18.3 Å². The number of rotatable bonds is 5. The Morgan fingerprint density at radius 3 is 2.24 bits per heavy atom. The summed E-state index contributed by atoms with van der Waals surface area (Å²) in [6.45, 7) is 4.70. The summed E-state index contributed by atoms with van der Waals surface area (Å²) in [7, 11) is 0. The van der Waals surface area contributed by atoms with Gasteiger partial charge in [0.15, 0.2) is 0 Å². The first-order valence-electron chi connectivity index (χ1n) is 8.75. The Kier molecular flexibility index (Phi) is 5.67. The van der Waals surface area contributed by atoms with Crippen LogP contribution in [0, 0.1) is 11.8 Å². The molecule has 25 heavy (non-hydrogen) atoms. The average Bonchev–Trinajstić information content (AvgIpc) is 2.66. The van der Waals surface area contributed by atoms with Gasteiger partial charge in [0, 0.05) is 11.8 Å². The Balaban J connectivity index is 1.64. The molecule has 0 radical (unpaired) electrons. The molecule has 0 saturated carbocycles. The minimum absolute atomic E-state index is 0.0648. The Hall–Kier alpha value is -2.39. The van der Waals surface area contributed by atoms with E-state index in [1.54, 1.807) is 12.1 Å². The second kappa shape index (κ2) is 8.13. The van der Waals surface area contributed by atoms with Crippen molar-refractivity contribution in [3.63, 3.8) is 0 Å². The molecule has 0 fully saturated rings. The summed E-state index contributed by atoms with van der Waals surface area (Å²) < 4.78 is 11.9. The Bertz CT molecular complexity index is 709. The van der Waals surface area contributed by atoms with Crippen molar-refractivity contribution in [1.29, 1.82) is 0 Å². The first-order chi connectivity index (χ1) is 12.1. The van der Waals surface area contributed by atoms with Gasteiger partial charge in [0.25, 0.3) is 0 Å². The van der Waals surface area contributed by atoms with E-state index in [1.807, 2.05) is 48.5 Å². The standard InChI is InChI=1S/C22H24O3/c1-16-13-14-20(24-15-18-9-5-3-6-10-18)17(2)21(16)25-22(23)19-11-7-4-8-12-19/h3-14,16-17,20-21H,15H2,1-2H3/t16-,17+,20+,21+/m0/s1. The van der Waals surface area contributed by atoms with Gasteiger partial charge in [-0.15, -0.1) is 0 Å². The van der Waals surface area contributed by atoms with Crippen molar-refractivity contribution in [3.8, 4) is 0 Å². The Morgan fingerprint density at radius 1 is 0.920 bits per heavy atom. The molecular formula is C22H24O3. The smallest absolute Gasteiger partial charge is 0.338 e. The van der Waals surface area contributed by atoms with Crippen molar-refractivity contribution in [2.24, 2.45) is 11.8 Å². The second-order valence-corrected chi connectivity index (χ2v) is 6.60. The van der Waals surface area contributed by atoms with Gasteiger partial charge in [-0.3, -0.25) is 0 Å². The highest BCUT2D eigenvalue weighted by Gasteiger charge is 2.35. The molecule has 0 aliphatic heterocycles. The van der Waals surface area contributed by atoms with Crippen molar-refractivity contribution in [2.75, 3.05) is 0 Å². The largest absolute Gasteiger partial charge is 0.458 e. The van der Waals surface area contributed by atoms with Gasteiger partial charge in [0.2, 0.25) is 0 Å². The lowest BCUT2D eigenvalue weighted by Gasteiger charge is -2.35. The van der Waals surface area contributed by atoms with Crippen LogP contribution in [0.3, 0.4) is 0 Å². The molecule has 3 rings (SSSR count). The molecule has 4 atom stereocenters. The summed E-state index contributed by atoms with van der Waals surface area (Å²) in [4.78, 5) is 12.4. The lowest BCUT2D eigenvalue weighted by atomic mass is 9.83. The number of ether oxygens (including phenoxy) is 2. The van der Waals surface area contributed by atoms with Gasteiger partial charge in [-0.1, -0.05) is 74.5 Å². The van der Waals surface area contributed by atoms with E-state index in [9.17, 15) is 4.79 Å². The lowest BCUT2D eigenvalue weighted by molar-refractivity contribution is -0.0481. The van der Waals surface area contributed by atoms with Gasteiger partial charge >= 0.3 is 5.97 Å². The van der Waals surface area contributed by atoms with Crippen LogP contribution in [0.15, 0.2) is 72.8 Å². The molecule has 0 saturated heterocycles. The summed E-state index contributed by atoms with van der Waals surface area (Å²) >= 11 is 0. The van der Waals surface area contributed by atoms with Crippen LogP contribution in [0.4, 0.5) is 0 Å². The van der Waals surface area contributed by atoms with Crippen LogP contribution >= 0.6 is 0 Å². The molecule has 0 bridgehead atoms. The van der Waals surface area contributed by atoms with Crippen LogP contribution in [0.25, 0.3) is 0 Å². The van der Waals surface area contributed by atoms with E-state index in [1.165, 1.54) is 0 Å². The monoisotopic (exact) mass is 336 g/mol. The molecule has 0 N–H and O–H groups in total. The quantitative estimate of drug-likeness (QED) is 0.589. The Morgan fingerprint density at radius 2 is 1.56 bits per heavy atom. The van der Waals surface area contributed by atoms with Crippen LogP contribution in [-0.2, 0) is 16.1 Å². The molecule has 2 aromatic rings. The van der Waals surface area contributed by atoms with Crippen LogP contribution < -0.4 is 0 Å². The van der Waals surface area contributed by atoms with Crippen molar-refractivity contribution in [1.82, 2.24) is 0 Å². The molecule has 0 heterocycles. The predicted octanol–water partition coefficient (Wildman–Crippen LogP) is 4.64. The molecule has 0 spiro atoms. The molecule has 130 valence electrons. The zero-order valence-electron chi connectivity index (χ0n) is 14.7. The third-order valence-electron chi connectivity index (χ3n) is 4.70. The minimum atomic E-state index is -0.276. The maximum Gasteiger partial charge on any atom is 0.338 e. The molecular weight excluding hydrogens is 312 g/mol. The summed E-state index contributed by atoms with van der Waals surface area (Å²) in [5, 5.41) is 0. The first-order valence-corrected chi connectivity index (χ1v) is 8.75. The number of hydrogen-bond acceptors (Lipinski definition) is 3. The first kappa shape index (κ1) is 17.4. The normalized spacial score (nSPS) is 25.5. The number of carbonyl (C=O) groups excluding carboxylic acids is 1. The molecule has 2 aromatic carbocycles.